The third-order valence-electron chi connectivity index (χ3n) is 6.38. The third-order valence-corrected chi connectivity index (χ3v) is 6.61. The van der Waals surface area contributed by atoms with Gasteiger partial charge in [0.2, 0.25) is 0 Å². The number of rotatable bonds is 3. The van der Waals surface area contributed by atoms with Crippen molar-refractivity contribution in [2.45, 2.75) is 12.8 Å². The van der Waals surface area contributed by atoms with Gasteiger partial charge in [0, 0.05) is 27.4 Å². The second kappa shape index (κ2) is 7.85. The van der Waals surface area contributed by atoms with E-state index in [9.17, 15) is 0 Å². The van der Waals surface area contributed by atoms with Crippen molar-refractivity contribution in [1.82, 2.24) is 4.57 Å². The molecule has 1 aliphatic rings. The standard InChI is InChI=1S/C30H22ClN/c31-25-15-17-30-28(20-25)27-19-24(22-10-5-2-6-11-22)14-16-29(27)32(30)26-13-7-12-23(18-26)21-8-3-1-4-9-21/h1-13,15,17-20H,14,16H2. The molecule has 4 aromatic carbocycles. The molecule has 0 spiro atoms. The van der Waals surface area contributed by atoms with Gasteiger partial charge >= 0.3 is 0 Å². The Morgan fingerprint density at radius 3 is 2.12 bits per heavy atom. The first kappa shape index (κ1) is 19.2. The van der Waals surface area contributed by atoms with Crippen molar-refractivity contribution in [2.75, 3.05) is 0 Å². The van der Waals surface area contributed by atoms with E-state index in [1.807, 2.05) is 6.07 Å². The molecule has 6 rings (SSSR count). The predicted molar refractivity (Wildman–Crippen MR) is 136 cm³/mol. The summed E-state index contributed by atoms with van der Waals surface area (Å²) in [4.78, 5) is 0. The first-order valence-electron chi connectivity index (χ1n) is 11.0. The molecule has 0 fully saturated rings. The smallest absolute Gasteiger partial charge is 0.0538 e. The summed E-state index contributed by atoms with van der Waals surface area (Å²) in [5, 5.41) is 1.99. The SMILES string of the molecule is Clc1ccc2c(c1)c1c(n2-c2cccc(-c3ccccc3)c2)CCC(c2ccccc2)=C1. The molecule has 2 heteroatoms. The molecule has 0 bridgehead atoms. The Morgan fingerprint density at radius 2 is 1.34 bits per heavy atom. The molecule has 1 nitrogen and oxygen atoms in total. The molecule has 1 aliphatic carbocycles. The van der Waals surface area contributed by atoms with Crippen molar-refractivity contribution in [3.63, 3.8) is 0 Å². The van der Waals surface area contributed by atoms with Gasteiger partial charge in [0.25, 0.3) is 0 Å². The van der Waals surface area contributed by atoms with E-state index in [2.05, 4.69) is 108 Å². The van der Waals surface area contributed by atoms with E-state index in [1.165, 1.54) is 50.1 Å². The highest BCUT2D eigenvalue weighted by atomic mass is 35.5. The van der Waals surface area contributed by atoms with E-state index in [0.717, 1.165) is 17.9 Å². The van der Waals surface area contributed by atoms with Crippen LogP contribution in [-0.4, -0.2) is 4.57 Å². The lowest BCUT2D eigenvalue weighted by molar-refractivity contribution is 0.898. The fraction of sp³-hybridized carbons (Fsp3) is 0.0667. The van der Waals surface area contributed by atoms with E-state index in [0.29, 0.717) is 0 Å². The predicted octanol–water partition coefficient (Wildman–Crippen LogP) is 8.44. The first-order chi connectivity index (χ1) is 15.8. The first-order valence-corrected chi connectivity index (χ1v) is 11.4. The van der Waals surface area contributed by atoms with Gasteiger partial charge in [-0.1, -0.05) is 84.4 Å². The van der Waals surface area contributed by atoms with Crippen LogP contribution in [0.1, 0.15) is 23.2 Å². The minimum atomic E-state index is 0.774. The van der Waals surface area contributed by atoms with Crippen molar-refractivity contribution in [1.29, 1.82) is 0 Å². The maximum absolute atomic E-state index is 6.45. The molecular weight excluding hydrogens is 410 g/mol. The van der Waals surface area contributed by atoms with Gasteiger partial charge in [0.15, 0.2) is 0 Å². The maximum atomic E-state index is 6.45. The molecule has 0 atom stereocenters. The highest BCUT2D eigenvalue weighted by molar-refractivity contribution is 6.31. The topological polar surface area (TPSA) is 4.93 Å². The molecule has 0 amide bonds. The van der Waals surface area contributed by atoms with E-state index >= 15 is 0 Å². The monoisotopic (exact) mass is 431 g/mol. The maximum Gasteiger partial charge on any atom is 0.0538 e. The van der Waals surface area contributed by atoms with Gasteiger partial charge in [-0.3, -0.25) is 0 Å². The summed E-state index contributed by atoms with van der Waals surface area (Å²) < 4.78 is 2.42. The number of hydrogen-bond donors (Lipinski definition) is 0. The van der Waals surface area contributed by atoms with Crippen LogP contribution in [0.2, 0.25) is 5.02 Å². The zero-order valence-electron chi connectivity index (χ0n) is 17.6. The number of nitrogens with zero attached hydrogens (tertiary/aromatic N) is 1. The van der Waals surface area contributed by atoms with E-state index < -0.39 is 0 Å². The number of benzene rings is 4. The van der Waals surface area contributed by atoms with Crippen LogP contribution >= 0.6 is 11.6 Å². The van der Waals surface area contributed by atoms with Crippen molar-refractivity contribution >= 4 is 34.2 Å². The molecule has 0 unspecified atom stereocenters. The average molecular weight is 432 g/mol. The molecule has 0 N–H and O–H groups in total. The van der Waals surface area contributed by atoms with Gasteiger partial charge in [-0.15, -0.1) is 0 Å². The molecule has 154 valence electrons. The second-order valence-corrected chi connectivity index (χ2v) is 8.75. The summed E-state index contributed by atoms with van der Waals surface area (Å²) in [7, 11) is 0. The van der Waals surface area contributed by atoms with Crippen molar-refractivity contribution in [3.05, 3.63) is 125 Å². The van der Waals surface area contributed by atoms with Gasteiger partial charge in [-0.25, -0.2) is 0 Å². The molecule has 5 aromatic rings. The Bertz CT molecular complexity index is 1460. The summed E-state index contributed by atoms with van der Waals surface area (Å²) in [6, 6.07) is 36.4. The third kappa shape index (κ3) is 3.26. The largest absolute Gasteiger partial charge is 0.313 e. The number of halogens is 1. The summed E-state index contributed by atoms with van der Waals surface area (Å²) in [6.07, 6.45) is 4.39. The summed E-state index contributed by atoms with van der Waals surface area (Å²) in [5.74, 6) is 0. The van der Waals surface area contributed by atoms with Crippen LogP contribution < -0.4 is 0 Å². The van der Waals surface area contributed by atoms with E-state index in [1.54, 1.807) is 0 Å². The fourth-order valence-corrected chi connectivity index (χ4v) is 5.05. The van der Waals surface area contributed by atoms with Crippen molar-refractivity contribution < 1.29 is 0 Å². The van der Waals surface area contributed by atoms with Gasteiger partial charge in [-0.2, -0.15) is 0 Å². The number of fused-ring (bicyclic) bond motifs is 3. The van der Waals surface area contributed by atoms with Crippen LogP contribution in [0.25, 0.3) is 39.4 Å². The Balaban J connectivity index is 1.57. The van der Waals surface area contributed by atoms with Crippen molar-refractivity contribution in [3.8, 4) is 16.8 Å². The Hall–Kier alpha value is -3.55. The number of allylic oxidation sites excluding steroid dienone is 1. The van der Waals surface area contributed by atoms with Crippen LogP contribution in [0.15, 0.2) is 103 Å². The lowest BCUT2D eigenvalue weighted by Crippen LogP contribution is -2.05. The lowest BCUT2D eigenvalue weighted by atomic mass is 9.91. The van der Waals surface area contributed by atoms with Crippen LogP contribution in [0.5, 0.6) is 0 Å². The van der Waals surface area contributed by atoms with Gasteiger partial charge in [0.05, 0.1) is 5.52 Å². The molecular formula is C30H22ClN. The molecule has 0 saturated heterocycles. The number of aromatic nitrogens is 1. The molecule has 1 heterocycles. The highest BCUT2D eigenvalue weighted by Gasteiger charge is 2.22. The second-order valence-electron chi connectivity index (χ2n) is 8.31. The molecule has 0 aliphatic heterocycles. The minimum Gasteiger partial charge on any atom is -0.313 e. The minimum absolute atomic E-state index is 0.774. The zero-order valence-corrected chi connectivity index (χ0v) is 18.4. The zero-order chi connectivity index (χ0) is 21.5. The fourth-order valence-electron chi connectivity index (χ4n) is 4.88. The van der Waals surface area contributed by atoms with Crippen LogP contribution in [0.4, 0.5) is 0 Å². The van der Waals surface area contributed by atoms with Crippen LogP contribution in [0, 0.1) is 0 Å². The van der Waals surface area contributed by atoms with Gasteiger partial charge in [0.1, 0.15) is 0 Å². The lowest BCUT2D eigenvalue weighted by Gasteiger charge is -2.18. The van der Waals surface area contributed by atoms with E-state index in [-0.39, 0.29) is 0 Å². The normalized spacial score (nSPS) is 13.1. The van der Waals surface area contributed by atoms with E-state index in [4.69, 9.17) is 11.6 Å². The highest BCUT2D eigenvalue weighted by Crippen LogP contribution is 2.39. The van der Waals surface area contributed by atoms with Crippen LogP contribution in [-0.2, 0) is 6.42 Å². The Kier molecular flexibility index (Phi) is 4.70. The van der Waals surface area contributed by atoms with Gasteiger partial charge < -0.3 is 4.57 Å². The summed E-state index contributed by atoms with van der Waals surface area (Å²) in [5.41, 5.74) is 10.2. The Labute approximate surface area is 193 Å². The molecule has 0 saturated carbocycles. The van der Waals surface area contributed by atoms with Crippen molar-refractivity contribution in [2.24, 2.45) is 0 Å². The quantitative estimate of drug-likeness (QED) is 0.270. The molecule has 1 aromatic heterocycles. The Morgan fingerprint density at radius 1 is 0.625 bits per heavy atom. The molecule has 0 radical (unpaired) electrons. The number of hydrogen-bond acceptors (Lipinski definition) is 0. The molecule has 32 heavy (non-hydrogen) atoms. The average Bonchev–Trinajstić information content (AvgIpc) is 3.18. The van der Waals surface area contributed by atoms with Gasteiger partial charge in [-0.05, 0) is 71.5 Å². The summed E-state index contributed by atoms with van der Waals surface area (Å²) >= 11 is 6.45. The summed E-state index contributed by atoms with van der Waals surface area (Å²) in [6.45, 7) is 0. The van der Waals surface area contributed by atoms with Crippen LogP contribution in [0.3, 0.4) is 0 Å².